The third-order valence-electron chi connectivity index (χ3n) is 2.70. The van der Waals surface area contributed by atoms with Crippen LogP contribution in [0.3, 0.4) is 0 Å². The Morgan fingerprint density at radius 3 is 3.17 bits per heavy atom. The molecule has 2 rings (SSSR count). The molecule has 0 bridgehead atoms. The Morgan fingerprint density at radius 1 is 1.33 bits per heavy atom. The van der Waals surface area contributed by atoms with Crippen molar-refractivity contribution in [2.45, 2.75) is 13.0 Å². The number of aliphatic hydroxyl groups is 1. The Labute approximate surface area is 106 Å². The van der Waals surface area contributed by atoms with Crippen molar-refractivity contribution in [1.82, 2.24) is 14.9 Å². The third-order valence-corrected chi connectivity index (χ3v) is 2.70. The van der Waals surface area contributed by atoms with Gasteiger partial charge in [0, 0.05) is 24.9 Å². The molecule has 2 N–H and O–H groups in total. The van der Waals surface area contributed by atoms with Crippen molar-refractivity contribution in [2.24, 2.45) is 0 Å². The Morgan fingerprint density at radius 2 is 2.28 bits per heavy atom. The maximum atomic E-state index is 8.54. The Balaban J connectivity index is 1.70. The zero-order valence-corrected chi connectivity index (χ0v) is 10.4. The zero-order chi connectivity index (χ0) is 12.6. The monoisotopic (exact) mass is 249 g/mol. The van der Waals surface area contributed by atoms with Crippen molar-refractivity contribution in [3.05, 3.63) is 36.2 Å². The summed E-state index contributed by atoms with van der Waals surface area (Å²) in [5, 5.41) is 16.2. The molecule has 2 aromatic heterocycles. The predicted octanol–water partition coefficient (Wildman–Crippen LogP) is 0.823. The first-order chi connectivity index (χ1) is 8.92. The second-order valence-electron chi connectivity index (χ2n) is 4.07. The summed E-state index contributed by atoms with van der Waals surface area (Å²) in [5.74, 6) is 0. The van der Waals surface area contributed by atoms with Crippen LogP contribution in [0.4, 0.5) is 0 Å². The quantitative estimate of drug-likeness (QED) is 0.680. The SMILES string of the molecule is OCCOCCCNCc1cnn2ccccc12. The van der Waals surface area contributed by atoms with Crippen LogP contribution in [-0.2, 0) is 11.3 Å². The van der Waals surface area contributed by atoms with Gasteiger partial charge in [0.2, 0.25) is 0 Å². The number of pyridine rings is 1. The van der Waals surface area contributed by atoms with Gasteiger partial charge in [0.1, 0.15) is 0 Å². The lowest BCUT2D eigenvalue weighted by Crippen LogP contribution is -2.16. The molecule has 0 radical (unpaired) electrons. The number of nitrogens with one attached hydrogen (secondary N) is 1. The number of rotatable bonds is 8. The van der Waals surface area contributed by atoms with Gasteiger partial charge in [0.05, 0.1) is 24.9 Å². The summed E-state index contributed by atoms with van der Waals surface area (Å²) in [7, 11) is 0. The first kappa shape index (κ1) is 13.0. The number of nitrogens with zero attached hydrogens (tertiary/aromatic N) is 2. The molecule has 0 unspecified atom stereocenters. The van der Waals surface area contributed by atoms with E-state index in [2.05, 4.69) is 16.5 Å². The van der Waals surface area contributed by atoms with Gasteiger partial charge in [-0.1, -0.05) is 6.07 Å². The van der Waals surface area contributed by atoms with E-state index >= 15 is 0 Å². The van der Waals surface area contributed by atoms with Gasteiger partial charge in [0.15, 0.2) is 0 Å². The predicted molar refractivity (Wildman–Crippen MR) is 69.4 cm³/mol. The fraction of sp³-hybridized carbons (Fsp3) is 0.462. The smallest absolute Gasteiger partial charge is 0.0706 e. The average Bonchev–Trinajstić information content (AvgIpc) is 2.81. The Kier molecular flexibility index (Phi) is 5.14. The first-order valence-electron chi connectivity index (χ1n) is 6.22. The van der Waals surface area contributed by atoms with Crippen molar-refractivity contribution in [3.63, 3.8) is 0 Å². The summed E-state index contributed by atoms with van der Waals surface area (Å²) < 4.78 is 7.06. The van der Waals surface area contributed by atoms with Gasteiger partial charge in [-0.05, 0) is 25.1 Å². The number of fused-ring (bicyclic) bond motifs is 1. The van der Waals surface area contributed by atoms with Crippen LogP contribution >= 0.6 is 0 Å². The fourth-order valence-corrected chi connectivity index (χ4v) is 1.81. The molecule has 0 aliphatic carbocycles. The molecule has 0 saturated carbocycles. The number of aromatic nitrogens is 2. The largest absolute Gasteiger partial charge is 0.394 e. The number of aliphatic hydroxyl groups excluding tert-OH is 1. The van der Waals surface area contributed by atoms with Crippen molar-refractivity contribution >= 4 is 5.52 Å². The topological polar surface area (TPSA) is 58.8 Å². The van der Waals surface area contributed by atoms with Crippen LogP contribution in [0.5, 0.6) is 0 Å². The van der Waals surface area contributed by atoms with Crippen LogP contribution in [0, 0.1) is 0 Å². The maximum absolute atomic E-state index is 8.54. The van der Waals surface area contributed by atoms with Gasteiger partial charge >= 0.3 is 0 Å². The van der Waals surface area contributed by atoms with Crippen LogP contribution in [0.2, 0.25) is 0 Å². The molecular weight excluding hydrogens is 230 g/mol. The van der Waals surface area contributed by atoms with Crippen molar-refractivity contribution in [1.29, 1.82) is 0 Å². The van der Waals surface area contributed by atoms with E-state index in [0.717, 1.165) is 25.0 Å². The van der Waals surface area contributed by atoms with Gasteiger partial charge in [-0.15, -0.1) is 0 Å². The highest BCUT2D eigenvalue weighted by Gasteiger charge is 2.01. The van der Waals surface area contributed by atoms with E-state index in [-0.39, 0.29) is 6.61 Å². The fourth-order valence-electron chi connectivity index (χ4n) is 1.81. The molecule has 2 heterocycles. The molecule has 0 amide bonds. The normalized spacial score (nSPS) is 11.2. The standard InChI is InChI=1S/C13H19N3O2/c17-7-9-18-8-3-5-14-10-12-11-15-16-6-2-1-4-13(12)16/h1-2,4,6,11,14,17H,3,5,7-10H2. The Hall–Kier alpha value is -1.43. The first-order valence-corrected chi connectivity index (χ1v) is 6.22. The van der Waals surface area contributed by atoms with Crippen molar-refractivity contribution in [2.75, 3.05) is 26.4 Å². The van der Waals surface area contributed by atoms with Gasteiger partial charge < -0.3 is 15.2 Å². The highest BCUT2D eigenvalue weighted by Crippen LogP contribution is 2.08. The van der Waals surface area contributed by atoms with Crippen LogP contribution in [-0.4, -0.2) is 41.1 Å². The Bertz CT molecular complexity index is 470. The van der Waals surface area contributed by atoms with E-state index in [0.29, 0.717) is 13.2 Å². The molecule has 0 aliphatic rings. The number of hydrogen-bond acceptors (Lipinski definition) is 4. The highest BCUT2D eigenvalue weighted by molar-refractivity contribution is 5.53. The lowest BCUT2D eigenvalue weighted by Gasteiger charge is -2.04. The minimum atomic E-state index is 0.0931. The third kappa shape index (κ3) is 3.53. The lowest BCUT2D eigenvalue weighted by molar-refractivity contribution is 0.0907. The van der Waals surface area contributed by atoms with Gasteiger partial charge in [-0.2, -0.15) is 5.10 Å². The molecule has 0 spiro atoms. The molecule has 18 heavy (non-hydrogen) atoms. The molecular formula is C13H19N3O2. The highest BCUT2D eigenvalue weighted by atomic mass is 16.5. The van der Waals surface area contributed by atoms with E-state index < -0.39 is 0 Å². The molecule has 0 saturated heterocycles. The summed E-state index contributed by atoms with van der Waals surface area (Å²) in [6.07, 6.45) is 4.78. The van der Waals surface area contributed by atoms with Crippen LogP contribution in [0.15, 0.2) is 30.6 Å². The molecule has 0 fully saturated rings. The number of ether oxygens (including phenoxy) is 1. The minimum absolute atomic E-state index is 0.0931. The van der Waals surface area contributed by atoms with Crippen LogP contribution < -0.4 is 5.32 Å². The molecule has 0 atom stereocenters. The summed E-state index contributed by atoms with van der Waals surface area (Å²) in [6.45, 7) is 2.91. The summed E-state index contributed by atoms with van der Waals surface area (Å²) >= 11 is 0. The van der Waals surface area contributed by atoms with Crippen LogP contribution in [0.1, 0.15) is 12.0 Å². The zero-order valence-electron chi connectivity index (χ0n) is 10.4. The summed E-state index contributed by atoms with van der Waals surface area (Å²) in [4.78, 5) is 0. The van der Waals surface area contributed by atoms with E-state index in [1.807, 2.05) is 29.0 Å². The second kappa shape index (κ2) is 7.10. The van der Waals surface area contributed by atoms with E-state index in [4.69, 9.17) is 9.84 Å². The van der Waals surface area contributed by atoms with Crippen LogP contribution in [0.25, 0.3) is 5.52 Å². The van der Waals surface area contributed by atoms with Crippen molar-refractivity contribution < 1.29 is 9.84 Å². The van der Waals surface area contributed by atoms with E-state index in [1.54, 1.807) is 0 Å². The van der Waals surface area contributed by atoms with Gasteiger partial charge in [0.25, 0.3) is 0 Å². The summed E-state index contributed by atoms with van der Waals surface area (Å²) in [5.41, 5.74) is 2.34. The number of hydrogen-bond donors (Lipinski definition) is 2. The van der Waals surface area contributed by atoms with E-state index in [9.17, 15) is 0 Å². The summed E-state index contributed by atoms with van der Waals surface area (Å²) in [6, 6.07) is 6.05. The van der Waals surface area contributed by atoms with E-state index in [1.165, 1.54) is 5.56 Å². The molecule has 5 nitrogen and oxygen atoms in total. The average molecular weight is 249 g/mol. The van der Waals surface area contributed by atoms with Gasteiger partial charge in [-0.25, -0.2) is 4.52 Å². The molecule has 98 valence electrons. The lowest BCUT2D eigenvalue weighted by atomic mass is 10.2. The molecule has 0 aliphatic heterocycles. The molecule has 5 heteroatoms. The molecule has 2 aromatic rings. The second-order valence-corrected chi connectivity index (χ2v) is 4.07. The maximum Gasteiger partial charge on any atom is 0.0706 e. The molecule has 0 aromatic carbocycles. The minimum Gasteiger partial charge on any atom is -0.394 e. The van der Waals surface area contributed by atoms with Gasteiger partial charge in [-0.3, -0.25) is 0 Å². The van der Waals surface area contributed by atoms with Crippen molar-refractivity contribution in [3.8, 4) is 0 Å².